The van der Waals surface area contributed by atoms with E-state index in [1.54, 1.807) is 11.0 Å². The smallest absolute Gasteiger partial charge is 0.407 e. The van der Waals surface area contributed by atoms with Crippen LogP contribution in [0.2, 0.25) is 5.15 Å². The molecule has 2 heterocycles. The van der Waals surface area contributed by atoms with Crippen molar-refractivity contribution in [3.8, 4) is 0 Å². The Balaban J connectivity index is 2.03. The number of hydrogen-bond acceptors (Lipinski definition) is 6. The average molecular weight is 343 g/mol. The van der Waals surface area contributed by atoms with Gasteiger partial charge in [0.1, 0.15) is 6.54 Å². The molecule has 1 atom stereocenters. The molecule has 0 radical (unpaired) electrons. The molecule has 0 aliphatic carbocycles. The Morgan fingerprint density at radius 1 is 1.48 bits per heavy atom. The number of carbonyl (C=O) groups excluding carboxylic acids is 1. The lowest BCUT2D eigenvalue weighted by molar-refractivity contribution is -0.134. The zero-order valence-electron chi connectivity index (χ0n) is 12.9. The number of anilines is 2. The Kier molecular flexibility index (Phi) is 5.09. The van der Waals surface area contributed by atoms with Gasteiger partial charge in [-0.25, -0.2) is 4.79 Å². The minimum absolute atomic E-state index is 0.0928. The predicted octanol–water partition coefficient (Wildman–Crippen LogP) is 0.359. The largest absolute Gasteiger partial charge is 0.465 e. The summed E-state index contributed by atoms with van der Waals surface area (Å²) < 4.78 is 0. The molecule has 2 amide bonds. The Morgan fingerprint density at radius 2 is 2.17 bits per heavy atom. The van der Waals surface area contributed by atoms with Crippen molar-refractivity contribution in [2.75, 3.05) is 43.9 Å². The molecule has 1 aromatic rings. The number of hydrogen-bond donors (Lipinski definition) is 2. The number of halogens is 1. The minimum Gasteiger partial charge on any atom is -0.465 e. The zero-order valence-corrected chi connectivity index (χ0v) is 13.7. The van der Waals surface area contributed by atoms with Crippen LogP contribution >= 0.6 is 11.6 Å². The average Bonchev–Trinajstić information content (AvgIpc) is 2.49. The highest BCUT2D eigenvalue weighted by Gasteiger charge is 2.29. The van der Waals surface area contributed by atoms with Crippen molar-refractivity contribution in [2.45, 2.75) is 13.0 Å². The van der Waals surface area contributed by atoms with Crippen LogP contribution in [-0.4, -0.2) is 76.4 Å². The molecule has 1 unspecified atom stereocenters. The molecule has 0 bridgehead atoms. The van der Waals surface area contributed by atoms with Gasteiger partial charge in [0.25, 0.3) is 0 Å². The molecule has 0 aromatic carbocycles. The van der Waals surface area contributed by atoms with Crippen molar-refractivity contribution in [1.29, 1.82) is 0 Å². The van der Waals surface area contributed by atoms with Crippen molar-refractivity contribution in [2.24, 2.45) is 0 Å². The molecule has 0 saturated carbocycles. The molecule has 23 heavy (non-hydrogen) atoms. The first-order chi connectivity index (χ1) is 10.8. The molecule has 126 valence electrons. The van der Waals surface area contributed by atoms with Gasteiger partial charge in [-0.15, -0.1) is 10.2 Å². The second-order valence-electron chi connectivity index (χ2n) is 5.46. The van der Waals surface area contributed by atoms with Gasteiger partial charge < -0.3 is 25.5 Å². The van der Waals surface area contributed by atoms with Gasteiger partial charge in [0.2, 0.25) is 5.91 Å². The number of nitrogen functional groups attached to an aromatic ring is 1. The van der Waals surface area contributed by atoms with Crippen LogP contribution in [0.3, 0.4) is 0 Å². The number of rotatable bonds is 3. The molecule has 1 saturated heterocycles. The third-order valence-corrected chi connectivity index (χ3v) is 3.94. The van der Waals surface area contributed by atoms with Gasteiger partial charge in [-0.2, -0.15) is 0 Å². The van der Waals surface area contributed by atoms with Crippen LogP contribution in [0, 0.1) is 0 Å². The number of carbonyl (C=O) groups is 2. The number of nitrogens with two attached hydrogens (primary N) is 1. The van der Waals surface area contributed by atoms with E-state index in [0.717, 1.165) is 4.90 Å². The number of amides is 2. The lowest BCUT2D eigenvalue weighted by Gasteiger charge is -2.41. The fourth-order valence-corrected chi connectivity index (χ4v) is 2.67. The Hall–Kier alpha value is -2.29. The quantitative estimate of drug-likeness (QED) is 0.814. The van der Waals surface area contributed by atoms with Gasteiger partial charge in [0.15, 0.2) is 11.0 Å². The van der Waals surface area contributed by atoms with Gasteiger partial charge in [0.05, 0.1) is 5.69 Å². The van der Waals surface area contributed by atoms with E-state index >= 15 is 0 Å². The van der Waals surface area contributed by atoms with E-state index in [2.05, 4.69) is 10.2 Å². The zero-order chi connectivity index (χ0) is 17.1. The van der Waals surface area contributed by atoms with Crippen molar-refractivity contribution in [1.82, 2.24) is 20.0 Å². The second kappa shape index (κ2) is 6.86. The van der Waals surface area contributed by atoms with Gasteiger partial charge in [-0.05, 0) is 6.92 Å². The molecule has 1 fully saturated rings. The number of carboxylic acid groups (broad SMARTS) is 1. The summed E-state index contributed by atoms with van der Waals surface area (Å²) in [5, 5.41) is 16.6. The molecule has 2 rings (SSSR count). The highest BCUT2D eigenvalue weighted by molar-refractivity contribution is 6.29. The normalized spacial score (nSPS) is 18.0. The summed E-state index contributed by atoms with van der Waals surface area (Å²) in [5.41, 5.74) is 6.52. The van der Waals surface area contributed by atoms with E-state index < -0.39 is 6.09 Å². The Morgan fingerprint density at radius 3 is 2.78 bits per heavy atom. The molecular weight excluding hydrogens is 324 g/mol. The van der Waals surface area contributed by atoms with Gasteiger partial charge in [-0.1, -0.05) is 11.6 Å². The second-order valence-corrected chi connectivity index (χ2v) is 5.85. The third kappa shape index (κ3) is 3.92. The van der Waals surface area contributed by atoms with Crippen molar-refractivity contribution in [3.05, 3.63) is 11.2 Å². The lowest BCUT2D eigenvalue weighted by Crippen LogP contribution is -2.56. The maximum absolute atomic E-state index is 12.2. The van der Waals surface area contributed by atoms with E-state index in [4.69, 9.17) is 22.4 Å². The summed E-state index contributed by atoms with van der Waals surface area (Å²) in [6.07, 6.45) is -1.13. The maximum Gasteiger partial charge on any atom is 0.407 e. The number of aromatic nitrogens is 2. The summed E-state index contributed by atoms with van der Waals surface area (Å²) in [6.45, 7) is 3.31. The SMILES string of the molecule is CC1CN(c2cc(Cl)nnc2N)CCN1C(=O)CN(C)C(=O)O. The van der Waals surface area contributed by atoms with Crippen molar-refractivity contribution in [3.63, 3.8) is 0 Å². The van der Waals surface area contributed by atoms with E-state index in [-0.39, 0.29) is 29.5 Å². The molecule has 9 nitrogen and oxygen atoms in total. The van der Waals surface area contributed by atoms with Gasteiger partial charge in [-0.3, -0.25) is 4.79 Å². The first-order valence-corrected chi connectivity index (χ1v) is 7.44. The summed E-state index contributed by atoms with van der Waals surface area (Å²) >= 11 is 5.86. The number of piperazine rings is 1. The minimum atomic E-state index is -1.13. The first kappa shape index (κ1) is 17.1. The molecule has 1 aliphatic heterocycles. The third-order valence-electron chi connectivity index (χ3n) is 3.76. The van der Waals surface area contributed by atoms with Crippen LogP contribution in [0.15, 0.2) is 6.07 Å². The number of nitrogens with zero attached hydrogens (tertiary/aromatic N) is 5. The highest BCUT2D eigenvalue weighted by atomic mass is 35.5. The fraction of sp³-hybridized carbons (Fsp3) is 0.538. The molecule has 3 N–H and O–H groups in total. The van der Waals surface area contributed by atoms with Gasteiger partial charge in [0, 0.05) is 38.8 Å². The number of likely N-dealkylation sites (N-methyl/N-ethyl adjacent to an activating group) is 1. The van der Waals surface area contributed by atoms with Crippen LogP contribution < -0.4 is 10.6 Å². The van der Waals surface area contributed by atoms with Crippen LogP contribution in [0.25, 0.3) is 0 Å². The van der Waals surface area contributed by atoms with E-state index in [0.29, 0.717) is 25.3 Å². The van der Waals surface area contributed by atoms with Crippen LogP contribution in [0.1, 0.15) is 6.92 Å². The summed E-state index contributed by atoms with van der Waals surface area (Å²) in [4.78, 5) is 27.7. The van der Waals surface area contributed by atoms with E-state index in [1.807, 2.05) is 11.8 Å². The van der Waals surface area contributed by atoms with E-state index in [1.165, 1.54) is 7.05 Å². The highest BCUT2D eigenvalue weighted by Crippen LogP contribution is 2.25. The Labute approximate surface area is 138 Å². The van der Waals surface area contributed by atoms with Crippen molar-refractivity contribution >= 4 is 35.1 Å². The molecule has 0 spiro atoms. The molecular formula is C13H19ClN6O3. The van der Waals surface area contributed by atoms with Gasteiger partial charge >= 0.3 is 6.09 Å². The monoisotopic (exact) mass is 342 g/mol. The van der Waals surface area contributed by atoms with Crippen LogP contribution in [0.5, 0.6) is 0 Å². The molecule has 1 aliphatic rings. The lowest BCUT2D eigenvalue weighted by atomic mass is 10.1. The summed E-state index contributed by atoms with van der Waals surface area (Å²) in [7, 11) is 1.37. The first-order valence-electron chi connectivity index (χ1n) is 7.06. The summed E-state index contributed by atoms with van der Waals surface area (Å²) in [6, 6.07) is 1.55. The standard InChI is InChI=1S/C13H19ClN6O3/c1-8-6-19(9-5-10(14)16-17-12(9)15)3-4-20(8)11(21)7-18(2)13(22)23/h5,8H,3-4,6-7H2,1-2H3,(H2,15,17)(H,22,23). The summed E-state index contributed by atoms with van der Waals surface area (Å²) in [5.74, 6) is 0.0629. The maximum atomic E-state index is 12.2. The van der Waals surface area contributed by atoms with Crippen LogP contribution in [0.4, 0.5) is 16.3 Å². The van der Waals surface area contributed by atoms with E-state index in [9.17, 15) is 9.59 Å². The van der Waals surface area contributed by atoms with Crippen LogP contribution in [-0.2, 0) is 4.79 Å². The fourth-order valence-electron chi connectivity index (χ4n) is 2.53. The molecule has 1 aromatic heterocycles. The topological polar surface area (TPSA) is 116 Å². The van der Waals surface area contributed by atoms with Crippen molar-refractivity contribution < 1.29 is 14.7 Å². The molecule has 10 heteroatoms. The predicted molar refractivity (Wildman–Crippen MR) is 85.5 cm³/mol. The Bertz CT molecular complexity index is 613.